The zero-order valence-corrected chi connectivity index (χ0v) is 15.1. The molecule has 0 saturated heterocycles. The monoisotopic (exact) mass is 289 g/mol. The van der Waals surface area contributed by atoms with Crippen molar-refractivity contribution in [2.24, 2.45) is 5.92 Å². The van der Waals surface area contributed by atoms with Crippen molar-refractivity contribution in [2.45, 2.75) is 79.7 Å². The second-order valence-electron chi connectivity index (χ2n) is 6.00. The van der Waals surface area contributed by atoms with E-state index < -0.39 is 0 Å². The lowest BCUT2D eigenvalue weighted by Gasteiger charge is -2.31. The van der Waals surface area contributed by atoms with Crippen molar-refractivity contribution in [3.8, 4) is 0 Å². The Balaban J connectivity index is 3.40. The van der Waals surface area contributed by atoms with Crippen LogP contribution >= 0.6 is 0 Å². The first-order chi connectivity index (χ1) is 10.2. The molecule has 0 radical (unpaired) electrons. The smallest absolute Gasteiger partial charge is 0.0353 e. The maximum atomic E-state index is 3.79. The third-order valence-corrected chi connectivity index (χ3v) is 4.84. The van der Waals surface area contributed by atoms with Crippen molar-refractivity contribution in [2.75, 3.05) is 6.54 Å². The maximum Gasteiger partial charge on any atom is 0.0353 e. The van der Waals surface area contributed by atoms with Crippen molar-refractivity contribution in [1.29, 1.82) is 0 Å². The molecule has 0 aliphatic carbocycles. The Bertz CT molecular complexity index is 393. The third kappa shape index (κ3) is 4.32. The van der Waals surface area contributed by atoms with Gasteiger partial charge in [-0.15, -0.1) is 0 Å². The van der Waals surface area contributed by atoms with Crippen LogP contribution in [0, 0.1) is 5.92 Å². The van der Waals surface area contributed by atoms with E-state index in [1.807, 2.05) is 0 Å². The molecule has 1 aromatic carbocycles. The fraction of sp³-hybridized carbons (Fsp3) is 0.700. The molecule has 21 heavy (non-hydrogen) atoms. The Hall–Kier alpha value is -0.820. The Morgan fingerprint density at radius 2 is 1.33 bits per heavy atom. The molecule has 0 heterocycles. The van der Waals surface area contributed by atoms with E-state index in [9.17, 15) is 0 Å². The van der Waals surface area contributed by atoms with Gasteiger partial charge in [-0.1, -0.05) is 66.5 Å². The van der Waals surface area contributed by atoms with Gasteiger partial charge in [-0.2, -0.15) is 0 Å². The highest BCUT2D eigenvalue weighted by molar-refractivity contribution is 5.42. The summed E-state index contributed by atoms with van der Waals surface area (Å²) in [6.07, 6.45) is 5.90. The minimum absolute atomic E-state index is 0.515. The average molecular weight is 290 g/mol. The third-order valence-electron chi connectivity index (χ3n) is 4.84. The van der Waals surface area contributed by atoms with Crippen LogP contribution in [0.4, 0.5) is 0 Å². The first-order valence-corrected chi connectivity index (χ1v) is 9.04. The zero-order chi connectivity index (χ0) is 15.8. The minimum atomic E-state index is 0.515. The first-order valence-electron chi connectivity index (χ1n) is 9.04. The molecule has 1 atom stereocenters. The predicted octanol–water partition coefficient (Wildman–Crippen LogP) is 5.46. The highest BCUT2D eigenvalue weighted by Gasteiger charge is 2.24. The standard InChI is InChI=1S/C20H35N/c1-7-15-13-17(10-4)19(18(11-5)14-15)20(21-12-6)16(8-2)9-3/h13-14,16,20-21H,7-12H2,1-6H3. The SMILES string of the molecule is CCNC(c1c(CC)cc(CC)cc1CC)C(CC)CC. The van der Waals surface area contributed by atoms with E-state index in [-0.39, 0.29) is 0 Å². The largest absolute Gasteiger partial charge is 0.310 e. The average Bonchev–Trinajstić information content (AvgIpc) is 2.53. The summed E-state index contributed by atoms with van der Waals surface area (Å²) in [5, 5.41) is 3.79. The van der Waals surface area contributed by atoms with Gasteiger partial charge >= 0.3 is 0 Å². The number of nitrogens with one attached hydrogen (secondary N) is 1. The summed E-state index contributed by atoms with van der Waals surface area (Å²) in [6.45, 7) is 14.8. The fourth-order valence-electron chi connectivity index (χ4n) is 3.52. The number of hydrogen-bond donors (Lipinski definition) is 1. The summed E-state index contributed by atoms with van der Waals surface area (Å²) in [5.41, 5.74) is 6.22. The Kier molecular flexibility index (Phi) is 8.03. The lowest BCUT2D eigenvalue weighted by Crippen LogP contribution is -2.30. The van der Waals surface area contributed by atoms with Crippen LogP contribution in [0.2, 0.25) is 0 Å². The summed E-state index contributed by atoms with van der Waals surface area (Å²) >= 11 is 0. The molecule has 0 fully saturated rings. The van der Waals surface area contributed by atoms with Crippen LogP contribution in [0.25, 0.3) is 0 Å². The molecule has 0 bridgehead atoms. The minimum Gasteiger partial charge on any atom is -0.310 e. The van der Waals surface area contributed by atoms with E-state index in [2.05, 4.69) is 59.0 Å². The molecule has 120 valence electrons. The summed E-state index contributed by atoms with van der Waals surface area (Å²) < 4.78 is 0. The fourth-order valence-corrected chi connectivity index (χ4v) is 3.52. The molecule has 1 rings (SSSR count). The normalized spacial score (nSPS) is 12.9. The molecule has 0 aromatic heterocycles. The van der Waals surface area contributed by atoms with Crippen LogP contribution in [0.3, 0.4) is 0 Å². The molecule has 0 saturated carbocycles. The maximum absolute atomic E-state index is 3.79. The lowest BCUT2D eigenvalue weighted by molar-refractivity contribution is 0.343. The van der Waals surface area contributed by atoms with Gasteiger partial charge in [-0.05, 0) is 54.0 Å². The number of aryl methyl sites for hydroxylation is 3. The Morgan fingerprint density at radius 1 is 0.810 bits per heavy atom. The van der Waals surface area contributed by atoms with Gasteiger partial charge in [0.05, 0.1) is 0 Å². The van der Waals surface area contributed by atoms with Crippen LogP contribution in [0.5, 0.6) is 0 Å². The first kappa shape index (κ1) is 18.2. The Labute approximate surface area is 132 Å². The van der Waals surface area contributed by atoms with Crippen LogP contribution in [0.1, 0.15) is 82.7 Å². The van der Waals surface area contributed by atoms with Gasteiger partial charge in [0.25, 0.3) is 0 Å². The second-order valence-corrected chi connectivity index (χ2v) is 6.00. The molecular weight excluding hydrogens is 254 g/mol. The van der Waals surface area contributed by atoms with E-state index in [0.29, 0.717) is 6.04 Å². The molecule has 1 aromatic rings. The van der Waals surface area contributed by atoms with Gasteiger partial charge in [-0.3, -0.25) is 0 Å². The van der Waals surface area contributed by atoms with E-state index >= 15 is 0 Å². The molecule has 0 amide bonds. The highest BCUT2D eigenvalue weighted by atomic mass is 14.9. The van der Waals surface area contributed by atoms with Crippen molar-refractivity contribution in [3.63, 3.8) is 0 Å². The van der Waals surface area contributed by atoms with Gasteiger partial charge < -0.3 is 5.32 Å². The van der Waals surface area contributed by atoms with Crippen LogP contribution < -0.4 is 5.32 Å². The van der Waals surface area contributed by atoms with Gasteiger partial charge in [-0.25, -0.2) is 0 Å². The van der Waals surface area contributed by atoms with Gasteiger partial charge in [0.15, 0.2) is 0 Å². The second kappa shape index (κ2) is 9.25. The molecule has 0 spiro atoms. The summed E-state index contributed by atoms with van der Waals surface area (Å²) in [7, 11) is 0. The van der Waals surface area contributed by atoms with Crippen molar-refractivity contribution in [1.82, 2.24) is 5.32 Å². The van der Waals surface area contributed by atoms with E-state index in [0.717, 1.165) is 31.7 Å². The summed E-state index contributed by atoms with van der Waals surface area (Å²) in [5.74, 6) is 0.730. The molecule has 0 aliphatic heterocycles. The quantitative estimate of drug-likeness (QED) is 0.636. The zero-order valence-electron chi connectivity index (χ0n) is 15.1. The van der Waals surface area contributed by atoms with Crippen LogP contribution in [0.15, 0.2) is 12.1 Å². The highest BCUT2D eigenvalue weighted by Crippen LogP contribution is 2.33. The molecular formula is C20H35N. The predicted molar refractivity (Wildman–Crippen MR) is 95.1 cm³/mol. The van der Waals surface area contributed by atoms with Gasteiger partial charge in [0.1, 0.15) is 0 Å². The molecule has 1 nitrogen and oxygen atoms in total. The molecule has 1 N–H and O–H groups in total. The number of benzene rings is 1. The van der Waals surface area contributed by atoms with Crippen molar-refractivity contribution >= 4 is 0 Å². The summed E-state index contributed by atoms with van der Waals surface area (Å²) in [4.78, 5) is 0. The molecule has 1 unspecified atom stereocenters. The molecule has 1 heteroatoms. The van der Waals surface area contributed by atoms with Crippen LogP contribution in [-0.4, -0.2) is 6.54 Å². The molecule has 0 aliphatic rings. The topological polar surface area (TPSA) is 12.0 Å². The van der Waals surface area contributed by atoms with E-state index in [1.165, 1.54) is 18.4 Å². The Morgan fingerprint density at radius 3 is 1.67 bits per heavy atom. The van der Waals surface area contributed by atoms with Crippen molar-refractivity contribution in [3.05, 3.63) is 34.4 Å². The van der Waals surface area contributed by atoms with Crippen molar-refractivity contribution < 1.29 is 0 Å². The van der Waals surface area contributed by atoms with E-state index in [4.69, 9.17) is 0 Å². The lowest BCUT2D eigenvalue weighted by atomic mass is 9.81. The van der Waals surface area contributed by atoms with Gasteiger partial charge in [0, 0.05) is 6.04 Å². The van der Waals surface area contributed by atoms with Crippen LogP contribution in [-0.2, 0) is 19.3 Å². The number of rotatable bonds is 9. The number of hydrogen-bond acceptors (Lipinski definition) is 1. The summed E-state index contributed by atoms with van der Waals surface area (Å²) in [6, 6.07) is 5.41. The van der Waals surface area contributed by atoms with E-state index in [1.54, 1.807) is 16.7 Å². The van der Waals surface area contributed by atoms with Gasteiger partial charge in [0.2, 0.25) is 0 Å².